The van der Waals surface area contributed by atoms with E-state index in [2.05, 4.69) is 28.7 Å². The predicted molar refractivity (Wildman–Crippen MR) is 84.6 cm³/mol. The van der Waals surface area contributed by atoms with Crippen molar-refractivity contribution in [3.8, 4) is 0 Å². The van der Waals surface area contributed by atoms with Gasteiger partial charge in [0, 0.05) is 28.8 Å². The molecule has 1 aromatic rings. The first-order valence-corrected chi connectivity index (χ1v) is 7.48. The van der Waals surface area contributed by atoms with E-state index in [9.17, 15) is 4.79 Å². The van der Waals surface area contributed by atoms with Crippen molar-refractivity contribution in [1.29, 1.82) is 0 Å². The third-order valence-corrected chi connectivity index (χ3v) is 4.25. The third kappa shape index (κ3) is 3.70. The standard InChI is InChI=1S/C14H15ClINO2/c1-19-9-10-4-6-17(7-5-10)14(18)12-8-11(15)2-3-13(12)16/h2-4,8H,5-7,9H2,1H3. The molecule has 1 heterocycles. The van der Waals surface area contributed by atoms with Crippen LogP contribution in [0.1, 0.15) is 16.8 Å². The van der Waals surface area contributed by atoms with Crippen LogP contribution in [0.2, 0.25) is 5.02 Å². The molecule has 0 saturated carbocycles. The van der Waals surface area contributed by atoms with Gasteiger partial charge in [0.25, 0.3) is 5.91 Å². The van der Waals surface area contributed by atoms with Gasteiger partial charge in [-0.05, 0) is 52.8 Å². The molecule has 0 radical (unpaired) electrons. The van der Waals surface area contributed by atoms with Gasteiger partial charge in [-0.2, -0.15) is 0 Å². The molecular weight excluding hydrogens is 377 g/mol. The summed E-state index contributed by atoms with van der Waals surface area (Å²) >= 11 is 8.13. The maximum Gasteiger partial charge on any atom is 0.255 e. The predicted octanol–water partition coefficient (Wildman–Crippen LogP) is 3.36. The van der Waals surface area contributed by atoms with E-state index in [0.29, 0.717) is 23.7 Å². The van der Waals surface area contributed by atoms with E-state index in [-0.39, 0.29) is 5.91 Å². The van der Waals surface area contributed by atoms with Crippen LogP contribution in [0.3, 0.4) is 0 Å². The van der Waals surface area contributed by atoms with Crippen LogP contribution in [0.5, 0.6) is 0 Å². The molecule has 0 spiro atoms. The summed E-state index contributed by atoms with van der Waals surface area (Å²) in [6, 6.07) is 5.40. The first-order valence-electron chi connectivity index (χ1n) is 6.03. The van der Waals surface area contributed by atoms with Crippen molar-refractivity contribution in [2.75, 3.05) is 26.8 Å². The zero-order chi connectivity index (χ0) is 13.8. The number of amides is 1. The number of rotatable bonds is 3. The number of carbonyl (C=O) groups is 1. The molecule has 0 N–H and O–H groups in total. The van der Waals surface area contributed by atoms with Crippen LogP contribution in [0, 0.1) is 3.57 Å². The number of hydrogen-bond acceptors (Lipinski definition) is 2. The Morgan fingerprint density at radius 1 is 1.53 bits per heavy atom. The Balaban J connectivity index is 2.11. The highest BCUT2D eigenvalue weighted by atomic mass is 127. The fourth-order valence-corrected chi connectivity index (χ4v) is 2.78. The summed E-state index contributed by atoms with van der Waals surface area (Å²) in [7, 11) is 1.69. The average molecular weight is 392 g/mol. The molecule has 0 bridgehead atoms. The molecule has 3 nitrogen and oxygen atoms in total. The monoisotopic (exact) mass is 391 g/mol. The summed E-state index contributed by atoms with van der Waals surface area (Å²) in [5, 5.41) is 0.594. The highest BCUT2D eigenvalue weighted by molar-refractivity contribution is 14.1. The lowest BCUT2D eigenvalue weighted by atomic mass is 10.1. The number of ether oxygens (including phenoxy) is 1. The van der Waals surface area contributed by atoms with Gasteiger partial charge in [-0.3, -0.25) is 4.79 Å². The summed E-state index contributed by atoms with van der Waals surface area (Å²) in [6.45, 7) is 2.02. The zero-order valence-corrected chi connectivity index (χ0v) is 13.6. The molecule has 1 amide bonds. The van der Waals surface area contributed by atoms with Gasteiger partial charge in [-0.25, -0.2) is 0 Å². The quantitative estimate of drug-likeness (QED) is 0.584. The molecule has 19 heavy (non-hydrogen) atoms. The minimum Gasteiger partial charge on any atom is -0.380 e. The minimum atomic E-state index is 0.0413. The van der Waals surface area contributed by atoms with Gasteiger partial charge in [-0.1, -0.05) is 17.7 Å². The van der Waals surface area contributed by atoms with Crippen LogP contribution in [-0.4, -0.2) is 37.6 Å². The number of carbonyl (C=O) groups excluding carboxylic acids is 1. The fraction of sp³-hybridized carbons (Fsp3) is 0.357. The van der Waals surface area contributed by atoms with E-state index in [1.165, 1.54) is 5.57 Å². The van der Waals surface area contributed by atoms with E-state index >= 15 is 0 Å². The number of methoxy groups -OCH3 is 1. The number of halogens is 2. The van der Waals surface area contributed by atoms with Gasteiger partial charge in [0.1, 0.15) is 0 Å². The van der Waals surface area contributed by atoms with Crippen LogP contribution in [0.25, 0.3) is 0 Å². The molecule has 1 aliphatic heterocycles. The maximum atomic E-state index is 12.4. The molecule has 1 aliphatic rings. The van der Waals surface area contributed by atoms with Crippen LogP contribution >= 0.6 is 34.2 Å². The van der Waals surface area contributed by atoms with E-state index in [0.717, 1.165) is 16.5 Å². The second kappa shape index (κ2) is 6.72. The summed E-state index contributed by atoms with van der Waals surface area (Å²) < 4.78 is 6.04. The summed E-state index contributed by atoms with van der Waals surface area (Å²) in [4.78, 5) is 14.3. The lowest BCUT2D eigenvalue weighted by Gasteiger charge is -2.26. The smallest absolute Gasteiger partial charge is 0.255 e. The van der Waals surface area contributed by atoms with Crippen molar-refractivity contribution >= 4 is 40.1 Å². The van der Waals surface area contributed by atoms with Gasteiger partial charge >= 0.3 is 0 Å². The molecule has 2 rings (SSSR count). The van der Waals surface area contributed by atoms with Crippen molar-refractivity contribution in [3.63, 3.8) is 0 Å². The molecule has 0 aliphatic carbocycles. The van der Waals surface area contributed by atoms with Crippen LogP contribution < -0.4 is 0 Å². The summed E-state index contributed by atoms with van der Waals surface area (Å²) in [5.74, 6) is 0.0413. The van der Waals surface area contributed by atoms with Gasteiger partial charge < -0.3 is 9.64 Å². The molecule has 102 valence electrons. The van der Waals surface area contributed by atoms with Crippen LogP contribution in [0.4, 0.5) is 0 Å². The van der Waals surface area contributed by atoms with Crippen molar-refractivity contribution in [3.05, 3.63) is 44.0 Å². The SMILES string of the molecule is COCC1=CCN(C(=O)c2cc(Cl)ccc2I)CC1. The first kappa shape index (κ1) is 14.8. The fourth-order valence-electron chi connectivity index (χ4n) is 2.04. The lowest BCUT2D eigenvalue weighted by molar-refractivity contribution is 0.0764. The van der Waals surface area contributed by atoms with Gasteiger partial charge in [-0.15, -0.1) is 0 Å². The Morgan fingerprint density at radius 3 is 2.95 bits per heavy atom. The van der Waals surface area contributed by atoms with Crippen molar-refractivity contribution in [2.24, 2.45) is 0 Å². The van der Waals surface area contributed by atoms with Gasteiger partial charge in [0.05, 0.1) is 12.2 Å². The number of nitrogens with zero attached hydrogens (tertiary/aromatic N) is 1. The second-order valence-corrected chi connectivity index (χ2v) is 6.02. The Bertz CT molecular complexity index is 516. The normalized spacial score (nSPS) is 15.3. The summed E-state index contributed by atoms with van der Waals surface area (Å²) in [5.41, 5.74) is 1.93. The highest BCUT2D eigenvalue weighted by Gasteiger charge is 2.20. The van der Waals surface area contributed by atoms with Crippen LogP contribution in [-0.2, 0) is 4.74 Å². The van der Waals surface area contributed by atoms with E-state index in [1.54, 1.807) is 19.2 Å². The average Bonchev–Trinajstić information content (AvgIpc) is 2.42. The Hall–Kier alpha value is -0.590. The minimum absolute atomic E-state index is 0.0413. The Kier molecular flexibility index (Phi) is 5.24. The molecule has 5 heteroatoms. The molecule has 0 unspecified atom stereocenters. The van der Waals surface area contributed by atoms with E-state index < -0.39 is 0 Å². The van der Waals surface area contributed by atoms with Crippen LogP contribution in [0.15, 0.2) is 29.8 Å². The zero-order valence-electron chi connectivity index (χ0n) is 10.7. The first-order chi connectivity index (χ1) is 9.11. The molecular formula is C14H15ClINO2. The largest absolute Gasteiger partial charge is 0.380 e. The van der Waals surface area contributed by atoms with Crippen molar-refractivity contribution < 1.29 is 9.53 Å². The molecule has 0 fully saturated rings. The molecule has 0 atom stereocenters. The maximum absolute atomic E-state index is 12.4. The van der Waals surface area contributed by atoms with Gasteiger partial charge in [0.15, 0.2) is 0 Å². The highest BCUT2D eigenvalue weighted by Crippen LogP contribution is 2.21. The van der Waals surface area contributed by atoms with E-state index in [4.69, 9.17) is 16.3 Å². The number of hydrogen-bond donors (Lipinski definition) is 0. The number of benzene rings is 1. The molecule has 0 aromatic heterocycles. The molecule has 0 saturated heterocycles. The second-order valence-electron chi connectivity index (χ2n) is 4.42. The molecule has 1 aromatic carbocycles. The third-order valence-electron chi connectivity index (χ3n) is 3.08. The lowest BCUT2D eigenvalue weighted by Crippen LogP contribution is -2.35. The van der Waals surface area contributed by atoms with Gasteiger partial charge in [0.2, 0.25) is 0 Å². The Morgan fingerprint density at radius 2 is 2.32 bits per heavy atom. The summed E-state index contributed by atoms with van der Waals surface area (Å²) in [6.07, 6.45) is 2.94. The van der Waals surface area contributed by atoms with Crippen molar-refractivity contribution in [1.82, 2.24) is 4.90 Å². The van der Waals surface area contributed by atoms with E-state index in [1.807, 2.05) is 11.0 Å². The Labute approximate surface area is 131 Å². The topological polar surface area (TPSA) is 29.5 Å². The van der Waals surface area contributed by atoms with Crippen molar-refractivity contribution in [2.45, 2.75) is 6.42 Å².